The fourth-order valence-electron chi connectivity index (χ4n) is 2.84. The Bertz CT molecular complexity index is 619. The summed E-state index contributed by atoms with van der Waals surface area (Å²) in [5, 5.41) is 3.12. The van der Waals surface area contributed by atoms with E-state index in [1.807, 2.05) is 30.0 Å². The van der Waals surface area contributed by atoms with Gasteiger partial charge in [0.25, 0.3) is 0 Å². The number of piperazine rings is 1. The van der Waals surface area contributed by atoms with E-state index in [2.05, 4.69) is 40.9 Å². The van der Waals surface area contributed by atoms with Gasteiger partial charge >= 0.3 is 0 Å². The molecule has 2 aromatic rings. The molecule has 0 saturated carbocycles. The summed E-state index contributed by atoms with van der Waals surface area (Å²) in [6, 6.07) is 0. The van der Waals surface area contributed by atoms with Crippen LogP contribution >= 0.6 is 0 Å². The molecule has 3 heterocycles. The predicted molar refractivity (Wildman–Crippen MR) is 86.1 cm³/mol. The minimum Gasteiger partial charge on any atom is -0.372 e. The van der Waals surface area contributed by atoms with Gasteiger partial charge in [0.1, 0.15) is 5.82 Å². The Morgan fingerprint density at radius 3 is 2.48 bits per heavy atom. The zero-order valence-electron chi connectivity index (χ0n) is 13.3. The van der Waals surface area contributed by atoms with Gasteiger partial charge in [-0.25, -0.2) is 9.97 Å². The first-order chi connectivity index (χ1) is 9.99. The molecule has 0 aromatic carbocycles. The standard InChI is InChI=1S/C15H24N6/c1-15(2,3)21-9-7-19(8-10-21)14-13-17-5-6-20(13)11-12(16-4)18-14/h5-6,11,16H,7-10H2,1-4H3. The minimum absolute atomic E-state index is 0.231. The van der Waals surface area contributed by atoms with Crippen LogP contribution in [0.1, 0.15) is 20.8 Å². The van der Waals surface area contributed by atoms with Crippen molar-refractivity contribution in [2.45, 2.75) is 26.3 Å². The molecule has 1 saturated heterocycles. The Hall–Kier alpha value is -1.82. The highest BCUT2D eigenvalue weighted by molar-refractivity contribution is 5.67. The lowest BCUT2D eigenvalue weighted by atomic mass is 10.1. The van der Waals surface area contributed by atoms with Crippen molar-refractivity contribution < 1.29 is 0 Å². The number of imidazole rings is 1. The molecule has 0 aliphatic carbocycles. The van der Waals surface area contributed by atoms with Crippen LogP contribution in [0.4, 0.5) is 11.6 Å². The van der Waals surface area contributed by atoms with Gasteiger partial charge in [0.15, 0.2) is 11.5 Å². The second-order valence-electron chi connectivity index (χ2n) is 6.50. The van der Waals surface area contributed by atoms with E-state index in [-0.39, 0.29) is 5.54 Å². The summed E-state index contributed by atoms with van der Waals surface area (Å²) in [5.41, 5.74) is 1.16. The average Bonchev–Trinajstić information content (AvgIpc) is 2.93. The maximum Gasteiger partial charge on any atom is 0.180 e. The number of nitrogens with zero attached hydrogens (tertiary/aromatic N) is 5. The van der Waals surface area contributed by atoms with Crippen molar-refractivity contribution in [2.24, 2.45) is 0 Å². The topological polar surface area (TPSA) is 48.7 Å². The van der Waals surface area contributed by atoms with Crippen molar-refractivity contribution in [1.82, 2.24) is 19.3 Å². The first-order valence-electron chi connectivity index (χ1n) is 7.50. The molecule has 0 spiro atoms. The third-order valence-corrected chi connectivity index (χ3v) is 4.14. The van der Waals surface area contributed by atoms with Crippen molar-refractivity contribution in [3.8, 4) is 0 Å². The minimum atomic E-state index is 0.231. The molecule has 6 nitrogen and oxygen atoms in total. The largest absolute Gasteiger partial charge is 0.372 e. The lowest BCUT2D eigenvalue weighted by Gasteiger charge is -2.42. The van der Waals surface area contributed by atoms with Crippen LogP contribution in [-0.4, -0.2) is 58.0 Å². The Morgan fingerprint density at radius 2 is 1.86 bits per heavy atom. The molecule has 1 N–H and O–H groups in total. The highest BCUT2D eigenvalue weighted by Crippen LogP contribution is 2.23. The van der Waals surface area contributed by atoms with E-state index in [4.69, 9.17) is 4.98 Å². The van der Waals surface area contributed by atoms with Crippen molar-refractivity contribution in [3.05, 3.63) is 18.6 Å². The molecule has 0 atom stereocenters. The molecule has 0 amide bonds. The number of rotatable bonds is 2. The van der Waals surface area contributed by atoms with E-state index < -0.39 is 0 Å². The zero-order valence-corrected chi connectivity index (χ0v) is 13.3. The zero-order chi connectivity index (χ0) is 15.0. The molecule has 21 heavy (non-hydrogen) atoms. The number of aromatic nitrogens is 3. The molecule has 6 heteroatoms. The second kappa shape index (κ2) is 5.18. The van der Waals surface area contributed by atoms with Crippen LogP contribution in [0.25, 0.3) is 5.65 Å². The third kappa shape index (κ3) is 2.68. The van der Waals surface area contributed by atoms with Crippen molar-refractivity contribution >= 4 is 17.3 Å². The van der Waals surface area contributed by atoms with Gasteiger partial charge in [0, 0.05) is 51.2 Å². The van der Waals surface area contributed by atoms with Gasteiger partial charge in [0.2, 0.25) is 0 Å². The van der Waals surface area contributed by atoms with Crippen LogP contribution < -0.4 is 10.2 Å². The Kier molecular flexibility index (Phi) is 3.49. The maximum atomic E-state index is 4.72. The SMILES string of the molecule is CNc1cn2ccnc2c(N2CCN(C(C)(C)C)CC2)n1. The van der Waals surface area contributed by atoms with Crippen LogP contribution in [0.3, 0.4) is 0 Å². The molecular weight excluding hydrogens is 264 g/mol. The average molecular weight is 288 g/mol. The first-order valence-corrected chi connectivity index (χ1v) is 7.50. The Labute approximate surface area is 125 Å². The van der Waals surface area contributed by atoms with Crippen molar-refractivity contribution in [3.63, 3.8) is 0 Å². The highest BCUT2D eigenvalue weighted by Gasteiger charge is 2.27. The summed E-state index contributed by atoms with van der Waals surface area (Å²) < 4.78 is 2.03. The number of nitrogens with one attached hydrogen (secondary N) is 1. The Morgan fingerprint density at radius 1 is 1.14 bits per heavy atom. The molecule has 0 radical (unpaired) electrons. The summed E-state index contributed by atoms with van der Waals surface area (Å²) in [7, 11) is 1.90. The van der Waals surface area contributed by atoms with Crippen LogP contribution in [0.2, 0.25) is 0 Å². The maximum absolute atomic E-state index is 4.72. The summed E-state index contributed by atoms with van der Waals surface area (Å²) in [5.74, 6) is 1.84. The normalized spacial score (nSPS) is 17.4. The van der Waals surface area contributed by atoms with Crippen LogP contribution in [0, 0.1) is 0 Å². The quantitative estimate of drug-likeness (QED) is 0.911. The molecule has 1 fully saturated rings. The highest BCUT2D eigenvalue weighted by atomic mass is 15.3. The Balaban J connectivity index is 1.86. The smallest absolute Gasteiger partial charge is 0.180 e. The van der Waals surface area contributed by atoms with Gasteiger partial charge in [-0.3, -0.25) is 4.90 Å². The molecule has 0 bridgehead atoms. The second-order valence-corrected chi connectivity index (χ2v) is 6.50. The summed E-state index contributed by atoms with van der Waals surface area (Å²) >= 11 is 0. The molecule has 1 aliphatic rings. The molecular formula is C15H24N6. The monoisotopic (exact) mass is 288 g/mol. The molecule has 114 valence electrons. The van der Waals surface area contributed by atoms with E-state index in [9.17, 15) is 0 Å². The summed E-state index contributed by atoms with van der Waals surface area (Å²) in [6.45, 7) is 10.9. The van der Waals surface area contributed by atoms with Gasteiger partial charge < -0.3 is 14.6 Å². The van der Waals surface area contributed by atoms with Crippen molar-refractivity contribution in [1.29, 1.82) is 0 Å². The van der Waals surface area contributed by atoms with Gasteiger partial charge in [-0.05, 0) is 20.8 Å². The molecule has 1 aliphatic heterocycles. The lowest BCUT2D eigenvalue weighted by Crippen LogP contribution is -2.53. The summed E-state index contributed by atoms with van der Waals surface area (Å²) in [6.07, 6.45) is 5.76. The predicted octanol–water partition coefficient (Wildman–Crippen LogP) is 1.69. The number of anilines is 2. The van der Waals surface area contributed by atoms with E-state index >= 15 is 0 Å². The molecule has 3 rings (SSSR count). The van der Waals surface area contributed by atoms with E-state index in [1.165, 1.54) is 0 Å². The van der Waals surface area contributed by atoms with Gasteiger partial charge in [0.05, 0.1) is 6.20 Å². The van der Waals surface area contributed by atoms with Gasteiger partial charge in [-0.15, -0.1) is 0 Å². The molecule has 2 aromatic heterocycles. The fourth-order valence-corrected chi connectivity index (χ4v) is 2.84. The molecule has 0 unspecified atom stereocenters. The number of fused-ring (bicyclic) bond motifs is 1. The lowest BCUT2D eigenvalue weighted by molar-refractivity contribution is 0.128. The van der Waals surface area contributed by atoms with E-state index in [0.29, 0.717) is 0 Å². The van der Waals surface area contributed by atoms with Crippen LogP contribution in [0.5, 0.6) is 0 Å². The fraction of sp³-hybridized carbons (Fsp3) is 0.600. The van der Waals surface area contributed by atoms with E-state index in [0.717, 1.165) is 43.5 Å². The third-order valence-electron chi connectivity index (χ3n) is 4.14. The summed E-state index contributed by atoms with van der Waals surface area (Å²) in [4.78, 5) is 14.0. The van der Waals surface area contributed by atoms with E-state index in [1.54, 1.807) is 0 Å². The number of hydrogen-bond donors (Lipinski definition) is 1. The van der Waals surface area contributed by atoms with Gasteiger partial charge in [-0.2, -0.15) is 0 Å². The number of hydrogen-bond acceptors (Lipinski definition) is 5. The van der Waals surface area contributed by atoms with Crippen LogP contribution in [0.15, 0.2) is 18.6 Å². The van der Waals surface area contributed by atoms with Crippen LogP contribution in [-0.2, 0) is 0 Å². The van der Waals surface area contributed by atoms with Crippen molar-refractivity contribution in [2.75, 3.05) is 43.4 Å². The first kappa shape index (κ1) is 14.1. The van der Waals surface area contributed by atoms with Gasteiger partial charge in [-0.1, -0.05) is 0 Å².